The smallest absolute Gasteiger partial charge is 0.0722 e. The zero-order valence-corrected chi connectivity index (χ0v) is 12.5. The Bertz CT molecular complexity index is 727. The van der Waals surface area contributed by atoms with Crippen molar-refractivity contribution in [3.05, 3.63) is 72.4 Å². The standard InChI is InChI=1S/C19H20N2/c1-19(2,15-8-4-3-5-9-15)14-21-18-12-13-20-17-11-7-6-10-16(17)18/h3-13H,14H2,1-2H3,(H,20,21). The lowest BCUT2D eigenvalue weighted by molar-refractivity contribution is 0.557. The van der Waals surface area contributed by atoms with Crippen LogP contribution in [0.5, 0.6) is 0 Å². The third-order valence-electron chi connectivity index (χ3n) is 3.93. The molecule has 3 rings (SSSR count). The molecular weight excluding hydrogens is 256 g/mol. The first-order chi connectivity index (χ1) is 10.2. The van der Waals surface area contributed by atoms with Gasteiger partial charge in [0.25, 0.3) is 0 Å². The number of para-hydroxylation sites is 1. The summed E-state index contributed by atoms with van der Waals surface area (Å²) in [6, 6.07) is 20.9. The summed E-state index contributed by atoms with van der Waals surface area (Å²) < 4.78 is 0. The number of hydrogen-bond acceptors (Lipinski definition) is 2. The number of aromatic nitrogens is 1. The van der Waals surface area contributed by atoms with E-state index in [1.807, 2.05) is 24.4 Å². The normalized spacial score (nSPS) is 11.5. The summed E-state index contributed by atoms with van der Waals surface area (Å²) in [5.74, 6) is 0. The third kappa shape index (κ3) is 2.89. The van der Waals surface area contributed by atoms with Crippen LogP contribution >= 0.6 is 0 Å². The van der Waals surface area contributed by atoms with E-state index >= 15 is 0 Å². The summed E-state index contributed by atoms with van der Waals surface area (Å²) in [6.45, 7) is 5.41. The molecule has 0 saturated heterocycles. The van der Waals surface area contributed by atoms with Gasteiger partial charge in [0, 0.05) is 29.2 Å². The van der Waals surface area contributed by atoms with E-state index in [2.05, 4.69) is 66.6 Å². The van der Waals surface area contributed by atoms with Gasteiger partial charge >= 0.3 is 0 Å². The Labute approximate surface area is 125 Å². The van der Waals surface area contributed by atoms with Crippen molar-refractivity contribution < 1.29 is 0 Å². The van der Waals surface area contributed by atoms with Crippen LogP contribution in [-0.2, 0) is 5.41 Å². The van der Waals surface area contributed by atoms with Gasteiger partial charge < -0.3 is 5.32 Å². The van der Waals surface area contributed by atoms with Gasteiger partial charge in [-0.25, -0.2) is 0 Å². The molecule has 21 heavy (non-hydrogen) atoms. The van der Waals surface area contributed by atoms with Gasteiger partial charge in [-0.3, -0.25) is 4.98 Å². The van der Waals surface area contributed by atoms with Crippen LogP contribution in [0.15, 0.2) is 66.9 Å². The largest absolute Gasteiger partial charge is 0.384 e. The summed E-state index contributed by atoms with van der Waals surface area (Å²) in [5.41, 5.74) is 3.59. The molecule has 0 atom stereocenters. The molecule has 0 aliphatic heterocycles. The molecule has 0 unspecified atom stereocenters. The Morgan fingerprint density at radius 1 is 0.905 bits per heavy atom. The van der Waals surface area contributed by atoms with E-state index in [4.69, 9.17) is 0 Å². The maximum Gasteiger partial charge on any atom is 0.0722 e. The van der Waals surface area contributed by atoms with Gasteiger partial charge in [0.1, 0.15) is 0 Å². The van der Waals surface area contributed by atoms with E-state index in [0.29, 0.717) is 0 Å². The second-order valence-electron chi connectivity index (χ2n) is 5.98. The average Bonchev–Trinajstić information content (AvgIpc) is 2.54. The summed E-state index contributed by atoms with van der Waals surface area (Å²) in [7, 11) is 0. The average molecular weight is 276 g/mol. The Hall–Kier alpha value is -2.35. The van der Waals surface area contributed by atoms with E-state index < -0.39 is 0 Å². The molecule has 2 aromatic carbocycles. The van der Waals surface area contributed by atoms with E-state index in [1.165, 1.54) is 10.9 Å². The van der Waals surface area contributed by atoms with Crippen LogP contribution in [0.1, 0.15) is 19.4 Å². The molecule has 1 aromatic heterocycles. The molecule has 0 spiro atoms. The number of rotatable bonds is 4. The second kappa shape index (κ2) is 5.57. The molecular formula is C19H20N2. The fourth-order valence-corrected chi connectivity index (χ4v) is 2.56. The predicted molar refractivity (Wildman–Crippen MR) is 89.7 cm³/mol. The number of fused-ring (bicyclic) bond motifs is 1. The van der Waals surface area contributed by atoms with Crippen molar-refractivity contribution in [1.29, 1.82) is 0 Å². The molecule has 0 radical (unpaired) electrons. The van der Waals surface area contributed by atoms with Gasteiger partial charge in [0.2, 0.25) is 0 Å². The van der Waals surface area contributed by atoms with E-state index in [-0.39, 0.29) is 5.41 Å². The van der Waals surface area contributed by atoms with Gasteiger partial charge in [-0.05, 0) is 17.7 Å². The van der Waals surface area contributed by atoms with E-state index in [1.54, 1.807) is 0 Å². The molecule has 2 heteroatoms. The number of nitrogens with one attached hydrogen (secondary N) is 1. The van der Waals surface area contributed by atoms with Crippen molar-refractivity contribution in [1.82, 2.24) is 4.98 Å². The number of anilines is 1. The van der Waals surface area contributed by atoms with Gasteiger partial charge in [0.05, 0.1) is 5.52 Å². The molecule has 0 aliphatic rings. The first kappa shape index (κ1) is 13.6. The van der Waals surface area contributed by atoms with Crippen LogP contribution in [0.25, 0.3) is 10.9 Å². The molecule has 0 amide bonds. The van der Waals surface area contributed by atoms with E-state index in [0.717, 1.165) is 17.7 Å². The molecule has 0 fully saturated rings. The second-order valence-corrected chi connectivity index (χ2v) is 5.98. The minimum Gasteiger partial charge on any atom is -0.384 e. The minimum atomic E-state index is 0.0750. The van der Waals surface area contributed by atoms with E-state index in [9.17, 15) is 0 Å². The first-order valence-corrected chi connectivity index (χ1v) is 7.30. The SMILES string of the molecule is CC(C)(CNc1ccnc2ccccc12)c1ccccc1. The maximum absolute atomic E-state index is 4.40. The van der Waals surface area contributed by atoms with Gasteiger partial charge in [0.15, 0.2) is 0 Å². The van der Waals surface area contributed by atoms with Crippen molar-refractivity contribution in [2.24, 2.45) is 0 Å². The Morgan fingerprint density at radius 3 is 2.43 bits per heavy atom. The van der Waals surface area contributed by atoms with Crippen LogP contribution in [0.4, 0.5) is 5.69 Å². The van der Waals surface area contributed by atoms with Crippen LogP contribution in [-0.4, -0.2) is 11.5 Å². The van der Waals surface area contributed by atoms with Crippen molar-refractivity contribution in [3.63, 3.8) is 0 Å². The monoisotopic (exact) mass is 276 g/mol. The lowest BCUT2D eigenvalue weighted by Crippen LogP contribution is -2.27. The minimum absolute atomic E-state index is 0.0750. The summed E-state index contributed by atoms with van der Waals surface area (Å²) in [4.78, 5) is 4.40. The Balaban J connectivity index is 1.84. The van der Waals surface area contributed by atoms with Crippen LogP contribution in [0, 0.1) is 0 Å². The van der Waals surface area contributed by atoms with Crippen molar-refractivity contribution in [2.75, 3.05) is 11.9 Å². The molecule has 0 bridgehead atoms. The summed E-state index contributed by atoms with van der Waals surface area (Å²) >= 11 is 0. The zero-order chi connectivity index (χ0) is 14.7. The van der Waals surface area contributed by atoms with Crippen molar-refractivity contribution in [3.8, 4) is 0 Å². The van der Waals surface area contributed by atoms with Gasteiger partial charge in [-0.2, -0.15) is 0 Å². The van der Waals surface area contributed by atoms with Crippen molar-refractivity contribution >= 4 is 16.6 Å². The zero-order valence-electron chi connectivity index (χ0n) is 12.5. The highest BCUT2D eigenvalue weighted by Crippen LogP contribution is 2.26. The molecule has 106 valence electrons. The van der Waals surface area contributed by atoms with Crippen LogP contribution in [0.3, 0.4) is 0 Å². The molecule has 3 aromatic rings. The molecule has 0 aliphatic carbocycles. The van der Waals surface area contributed by atoms with Gasteiger partial charge in [-0.15, -0.1) is 0 Å². The lowest BCUT2D eigenvalue weighted by atomic mass is 9.84. The van der Waals surface area contributed by atoms with Crippen LogP contribution < -0.4 is 5.32 Å². The number of nitrogens with zero attached hydrogens (tertiary/aromatic N) is 1. The predicted octanol–water partition coefficient (Wildman–Crippen LogP) is 4.62. The lowest BCUT2D eigenvalue weighted by Gasteiger charge is -2.26. The highest BCUT2D eigenvalue weighted by Gasteiger charge is 2.20. The maximum atomic E-state index is 4.40. The van der Waals surface area contributed by atoms with Gasteiger partial charge in [-0.1, -0.05) is 62.4 Å². The van der Waals surface area contributed by atoms with Crippen LogP contribution in [0.2, 0.25) is 0 Å². The summed E-state index contributed by atoms with van der Waals surface area (Å²) in [5, 5.41) is 4.76. The third-order valence-corrected chi connectivity index (χ3v) is 3.93. The fourth-order valence-electron chi connectivity index (χ4n) is 2.56. The quantitative estimate of drug-likeness (QED) is 0.752. The molecule has 1 heterocycles. The summed E-state index contributed by atoms with van der Waals surface area (Å²) in [6.07, 6.45) is 1.86. The fraction of sp³-hybridized carbons (Fsp3) is 0.211. The number of pyridine rings is 1. The highest BCUT2D eigenvalue weighted by atomic mass is 14.9. The molecule has 0 saturated carbocycles. The molecule has 1 N–H and O–H groups in total. The number of benzene rings is 2. The number of hydrogen-bond donors (Lipinski definition) is 1. The van der Waals surface area contributed by atoms with Crippen molar-refractivity contribution in [2.45, 2.75) is 19.3 Å². The molecule has 2 nitrogen and oxygen atoms in total. The Kier molecular flexibility index (Phi) is 3.61. The topological polar surface area (TPSA) is 24.9 Å². The Morgan fingerprint density at radius 2 is 1.62 bits per heavy atom. The highest BCUT2D eigenvalue weighted by molar-refractivity contribution is 5.90. The first-order valence-electron chi connectivity index (χ1n) is 7.30.